The fraction of sp³-hybridized carbons (Fsp3) is 0.900. The molecule has 13 heavy (non-hydrogen) atoms. The Morgan fingerprint density at radius 1 is 1.46 bits per heavy atom. The van der Waals surface area contributed by atoms with Gasteiger partial charge in [-0.3, -0.25) is 4.79 Å². The first kappa shape index (κ1) is 9.00. The summed E-state index contributed by atoms with van der Waals surface area (Å²) in [7, 11) is 1.70. The summed E-state index contributed by atoms with van der Waals surface area (Å²) in [4.78, 5) is 13.3. The van der Waals surface area contributed by atoms with Gasteiger partial charge in [-0.15, -0.1) is 0 Å². The molecule has 0 aromatic heterocycles. The van der Waals surface area contributed by atoms with Crippen LogP contribution >= 0.6 is 0 Å². The van der Waals surface area contributed by atoms with E-state index in [1.54, 1.807) is 14.0 Å². The Bertz CT molecular complexity index is 217. The van der Waals surface area contributed by atoms with Crippen molar-refractivity contribution in [3.63, 3.8) is 0 Å². The molecule has 3 heteroatoms. The first-order valence-electron chi connectivity index (χ1n) is 5.05. The van der Waals surface area contributed by atoms with E-state index in [1.165, 1.54) is 19.3 Å². The van der Waals surface area contributed by atoms with Crippen LogP contribution in [0.2, 0.25) is 0 Å². The lowest BCUT2D eigenvalue weighted by molar-refractivity contribution is -0.140. The number of likely N-dealkylation sites (tertiary alicyclic amines) is 1. The van der Waals surface area contributed by atoms with Crippen LogP contribution in [0.15, 0.2) is 0 Å². The van der Waals surface area contributed by atoms with E-state index < -0.39 is 0 Å². The minimum Gasteiger partial charge on any atom is -0.362 e. The number of carbonyl (C=O) groups excluding carboxylic acids is 1. The van der Waals surface area contributed by atoms with Gasteiger partial charge in [0.05, 0.1) is 0 Å². The molecule has 1 saturated heterocycles. The maximum atomic E-state index is 11.4. The van der Waals surface area contributed by atoms with Crippen LogP contribution in [0.5, 0.6) is 0 Å². The van der Waals surface area contributed by atoms with Gasteiger partial charge in [0.25, 0.3) is 0 Å². The zero-order valence-corrected chi connectivity index (χ0v) is 8.32. The van der Waals surface area contributed by atoms with Crippen LogP contribution in [0.1, 0.15) is 32.6 Å². The van der Waals surface area contributed by atoms with E-state index in [0.29, 0.717) is 12.0 Å². The van der Waals surface area contributed by atoms with Crippen LogP contribution in [-0.2, 0) is 9.53 Å². The van der Waals surface area contributed by atoms with Crippen molar-refractivity contribution in [1.29, 1.82) is 0 Å². The Hall–Kier alpha value is -0.570. The quantitative estimate of drug-likeness (QED) is 0.614. The van der Waals surface area contributed by atoms with Gasteiger partial charge in [0.2, 0.25) is 5.91 Å². The van der Waals surface area contributed by atoms with E-state index in [-0.39, 0.29) is 12.1 Å². The summed E-state index contributed by atoms with van der Waals surface area (Å²) in [5.41, 5.74) is 0. The molecule has 1 heterocycles. The summed E-state index contributed by atoms with van der Waals surface area (Å²) in [5, 5.41) is 0. The number of ether oxygens (including phenoxy) is 1. The number of carbonyl (C=O) groups is 1. The van der Waals surface area contributed by atoms with E-state index in [1.807, 2.05) is 4.90 Å². The van der Waals surface area contributed by atoms with Gasteiger partial charge in [0, 0.05) is 20.1 Å². The second kappa shape index (κ2) is 3.29. The van der Waals surface area contributed by atoms with E-state index in [2.05, 4.69) is 0 Å². The van der Waals surface area contributed by atoms with Crippen LogP contribution < -0.4 is 0 Å². The fourth-order valence-corrected chi connectivity index (χ4v) is 2.89. The number of rotatable bonds is 1. The molecule has 1 aliphatic carbocycles. The van der Waals surface area contributed by atoms with Crippen LogP contribution in [0.25, 0.3) is 0 Å². The molecule has 1 unspecified atom stereocenters. The highest BCUT2D eigenvalue weighted by Crippen LogP contribution is 2.41. The van der Waals surface area contributed by atoms with Gasteiger partial charge in [-0.1, -0.05) is 6.42 Å². The fourth-order valence-electron chi connectivity index (χ4n) is 2.89. The number of fused-ring (bicyclic) bond motifs is 1. The molecule has 3 nitrogen and oxygen atoms in total. The Labute approximate surface area is 79.0 Å². The SMILES string of the molecule is COC1C[C@H]2CCC[C@H]2N1C(C)=O. The van der Waals surface area contributed by atoms with Crippen molar-refractivity contribution in [3.05, 3.63) is 0 Å². The van der Waals surface area contributed by atoms with Gasteiger partial charge in [-0.25, -0.2) is 0 Å². The van der Waals surface area contributed by atoms with Crippen LogP contribution in [0.4, 0.5) is 0 Å². The average Bonchev–Trinajstić information content (AvgIpc) is 2.59. The van der Waals surface area contributed by atoms with Crippen LogP contribution in [0, 0.1) is 5.92 Å². The summed E-state index contributed by atoms with van der Waals surface area (Å²) in [6.07, 6.45) is 4.81. The largest absolute Gasteiger partial charge is 0.362 e. The minimum atomic E-state index is 0.0489. The van der Waals surface area contributed by atoms with E-state index in [0.717, 1.165) is 6.42 Å². The number of nitrogens with zero attached hydrogens (tertiary/aromatic N) is 1. The maximum Gasteiger partial charge on any atom is 0.221 e. The number of amides is 1. The Morgan fingerprint density at radius 3 is 2.85 bits per heavy atom. The molecule has 1 aliphatic heterocycles. The molecule has 74 valence electrons. The Balaban J connectivity index is 2.14. The predicted molar refractivity (Wildman–Crippen MR) is 49.1 cm³/mol. The third-order valence-electron chi connectivity index (χ3n) is 3.43. The monoisotopic (exact) mass is 183 g/mol. The Morgan fingerprint density at radius 2 is 2.23 bits per heavy atom. The molecule has 1 saturated carbocycles. The second-order valence-corrected chi connectivity index (χ2v) is 4.11. The van der Waals surface area contributed by atoms with Crippen LogP contribution in [0.3, 0.4) is 0 Å². The van der Waals surface area contributed by atoms with Gasteiger partial charge in [0.15, 0.2) is 0 Å². The van der Waals surface area contributed by atoms with Crippen molar-refractivity contribution in [2.45, 2.75) is 44.9 Å². The van der Waals surface area contributed by atoms with Crippen molar-refractivity contribution in [2.75, 3.05) is 7.11 Å². The molecule has 0 radical (unpaired) electrons. The molecule has 0 N–H and O–H groups in total. The molecule has 0 aromatic carbocycles. The highest BCUT2D eigenvalue weighted by atomic mass is 16.5. The van der Waals surface area contributed by atoms with Gasteiger partial charge in [-0.05, 0) is 25.2 Å². The molecule has 2 aliphatic rings. The first-order valence-corrected chi connectivity index (χ1v) is 5.05. The summed E-state index contributed by atoms with van der Waals surface area (Å²) in [6, 6.07) is 0.474. The normalized spacial score (nSPS) is 38.0. The molecule has 0 aromatic rings. The molecule has 2 rings (SSSR count). The minimum absolute atomic E-state index is 0.0489. The molecule has 0 bridgehead atoms. The van der Waals surface area contributed by atoms with Gasteiger partial charge in [-0.2, -0.15) is 0 Å². The topological polar surface area (TPSA) is 29.5 Å². The standard InChI is InChI=1S/C10H17NO2/c1-7(12)11-9-5-3-4-8(9)6-10(11)13-2/h8-10H,3-6H2,1-2H3/t8-,9-,10?/m1/s1. The number of hydrogen-bond donors (Lipinski definition) is 0. The molecular formula is C10H17NO2. The molecule has 1 amide bonds. The first-order chi connectivity index (χ1) is 6.24. The number of methoxy groups -OCH3 is 1. The molecule has 2 fully saturated rings. The lowest BCUT2D eigenvalue weighted by atomic mass is 10.0. The zero-order valence-electron chi connectivity index (χ0n) is 8.32. The van der Waals surface area contributed by atoms with Gasteiger partial charge < -0.3 is 9.64 Å². The van der Waals surface area contributed by atoms with Crippen molar-refractivity contribution < 1.29 is 9.53 Å². The maximum absolute atomic E-state index is 11.4. The molecular weight excluding hydrogens is 166 g/mol. The van der Waals surface area contributed by atoms with Gasteiger partial charge in [0.1, 0.15) is 6.23 Å². The summed E-state index contributed by atoms with van der Waals surface area (Å²) in [5.74, 6) is 0.870. The molecule has 3 atom stereocenters. The second-order valence-electron chi connectivity index (χ2n) is 4.11. The lowest BCUT2D eigenvalue weighted by Gasteiger charge is -2.27. The zero-order chi connectivity index (χ0) is 9.42. The lowest BCUT2D eigenvalue weighted by Crippen LogP contribution is -2.40. The van der Waals surface area contributed by atoms with Crippen molar-refractivity contribution in [2.24, 2.45) is 5.92 Å². The Kier molecular flexibility index (Phi) is 2.28. The van der Waals surface area contributed by atoms with E-state index in [4.69, 9.17) is 4.74 Å². The van der Waals surface area contributed by atoms with E-state index >= 15 is 0 Å². The summed E-state index contributed by atoms with van der Waals surface area (Å²) < 4.78 is 5.33. The van der Waals surface area contributed by atoms with Gasteiger partial charge >= 0.3 is 0 Å². The average molecular weight is 183 g/mol. The van der Waals surface area contributed by atoms with Crippen molar-refractivity contribution in [1.82, 2.24) is 4.90 Å². The van der Waals surface area contributed by atoms with Crippen LogP contribution in [-0.4, -0.2) is 30.2 Å². The predicted octanol–water partition coefficient (Wildman–Crippen LogP) is 1.38. The van der Waals surface area contributed by atoms with E-state index in [9.17, 15) is 4.79 Å². The van der Waals surface area contributed by atoms with Crippen molar-refractivity contribution >= 4 is 5.91 Å². The third kappa shape index (κ3) is 1.35. The van der Waals surface area contributed by atoms with Crippen molar-refractivity contribution in [3.8, 4) is 0 Å². The molecule has 0 spiro atoms. The summed E-state index contributed by atoms with van der Waals surface area (Å²) in [6.45, 7) is 1.65. The summed E-state index contributed by atoms with van der Waals surface area (Å²) >= 11 is 0. The highest BCUT2D eigenvalue weighted by molar-refractivity contribution is 5.74. The number of hydrogen-bond acceptors (Lipinski definition) is 2. The smallest absolute Gasteiger partial charge is 0.221 e. The highest BCUT2D eigenvalue weighted by Gasteiger charge is 2.44. The third-order valence-corrected chi connectivity index (χ3v) is 3.43.